The predicted molar refractivity (Wildman–Crippen MR) is 93.7 cm³/mol. The van der Waals surface area contributed by atoms with E-state index in [1.165, 1.54) is 17.8 Å². The van der Waals surface area contributed by atoms with E-state index in [4.69, 9.17) is 0 Å². The first-order valence-electron chi connectivity index (χ1n) is 8.73. The third-order valence-corrected chi connectivity index (χ3v) is 4.77. The number of aryl methyl sites for hydroxylation is 1. The molecule has 126 valence electrons. The van der Waals surface area contributed by atoms with E-state index in [0.29, 0.717) is 12.0 Å². The minimum atomic E-state index is 0.332. The van der Waals surface area contributed by atoms with Gasteiger partial charge in [-0.2, -0.15) is 5.10 Å². The van der Waals surface area contributed by atoms with Crippen LogP contribution in [-0.4, -0.2) is 30.9 Å². The molecule has 0 fully saturated rings. The van der Waals surface area contributed by atoms with Crippen LogP contribution in [0.3, 0.4) is 0 Å². The molecule has 1 unspecified atom stereocenters. The number of pyridine rings is 1. The molecule has 0 aromatic carbocycles. The van der Waals surface area contributed by atoms with Crippen molar-refractivity contribution in [3.05, 3.63) is 42.2 Å². The molecule has 6 nitrogen and oxygen atoms in total. The van der Waals surface area contributed by atoms with Gasteiger partial charge in [0.05, 0.1) is 6.20 Å². The van der Waals surface area contributed by atoms with Crippen LogP contribution in [0, 0.1) is 5.92 Å². The van der Waals surface area contributed by atoms with Crippen molar-refractivity contribution in [2.24, 2.45) is 5.92 Å². The minimum Gasteiger partial charge on any atom is -0.335 e. The fourth-order valence-electron chi connectivity index (χ4n) is 3.48. The van der Waals surface area contributed by atoms with Crippen molar-refractivity contribution >= 4 is 11.0 Å². The zero-order chi connectivity index (χ0) is 16.5. The van der Waals surface area contributed by atoms with Crippen molar-refractivity contribution in [1.82, 2.24) is 29.6 Å². The molecule has 3 aromatic rings. The topological polar surface area (TPSA) is 60.6 Å². The zero-order valence-electron chi connectivity index (χ0n) is 14.3. The quantitative estimate of drug-likeness (QED) is 0.783. The normalized spacial score (nSPS) is 17.5. The summed E-state index contributed by atoms with van der Waals surface area (Å²) in [7, 11) is 0. The Morgan fingerprint density at radius 3 is 3.08 bits per heavy atom. The standard InChI is InChI=1S/C18H24N6/c1-13(2)24-18-16(11-22-24)7-15(10-21-18)9-19-8-14-3-4-17-20-5-6-23(17)12-14/h5-7,10-11,13-14,19H,3-4,8-9,12H2,1-2H3. The summed E-state index contributed by atoms with van der Waals surface area (Å²) in [6.07, 6.45) is 10.2. The lowest BCUT2D eigenvalue weighted by atomic mass is 9.99. The van der Waals surface area contributed by atoms with E-state index < -0.39 is 0 Å². The van der Waals surface area contributed by atoms with Gasteiger partial charge in [0.15, 0.2) is 5.65 Å². The molecule has 0 saturated heterocycles. The first kappa shape index (κ1) is 15.3. The highest BCUT2D eigenvalue weighted by atomic mass is 15.3. The predicted octanol–water partition coefficient (Wildman–Crippen LogP) is 2.56. The van der Waals surface area contributed by atoms with Gasteiger partial charge >= 0.3 is 0 Å². The molecule has 1 N–H and O–H groups in total. The van der Waals surface area contributed by atoms with Crippen molar-refractivity contribution in [2.45, 2.75) is 45.8 Å². The van der Waals surface area contributed by atoms with E-state index in [1.807, 2.05) is 23.3 Å². The SMILES string of the molecule is CC(C)n1ncc2cc(CNCC3CCc4nccn4C3)cnc21. The van der Waals surface area contributed by atoms with Crippen molar-refractivity contribution in [1.29, 1.82) is 0 Å². The molecule has 0 radical (unpaired) electrons. The molecule has 0 amide bonds. The third-order valence-electron chi connectivity index (χ3n) is 4.77. The van der Waals surface area contributed by atoms with Crippen LogP contribution in [0.1, 0.15) is 37.7 Å². The molecule has 1 aliphatic heterocycles. The molecule has 6 heteroatoms. The molecule has 0 bridgehead atoms. The lowest BCUT2D eigenvalue weighted by molar-refractivity contribution is 0.347. The molecule has 4 heterocycles. The van der Waals surface area contributed by atoms with Crippen LogP contribution in [0.4, 0.5) is 0 Å². The van der Waals surface area contributed by atoms with Crippen molar-refractivity contribution in [3.63, 3.8) is 0 Å². The summed E-state index contributed by atoms with van der Waals surface area (Å²) in [4.78, 5) is 8.99. The summed E-state index contributed by atoms with van der Waals surface area (Å²) in [5, 5.41) is 9.13. The number of nitrogens with zero attached hydrogens (tertiary/aromatic N) is 5. The minimum absolute atomic E-state index is 0.332. The largest absolute Gasteiger partial charge is 0.335 e. The summed E-state index contributed by atoms with van der Waals surface area (Å²) >= 11 is 0. The Bertz CT molecular complexity index is 831. The van der Waals surface area contributed by atoms with Crippen LogP contribution in [0.15, 0.2) is 30.9 Å². The van der Waals surface area contributed by atoms with Crippen molar-refractivity contribution < 1.29 is 0 Å². The van der Waals surface area contributed by atoms with Gasteiger partial charge in [-0.3, -0.25) is 0 Å². The number of hydrogen-bond donors (Lipinski definition) is 1. The molecule has 3 aromatic heterocycles. The van der Waals surface area contributed by atoms with E-state index >= 15 is 0 Å². The highest BCUT2D eigenvalue weighted by Gasteiger charge is 2.18. The smallest absolute Gasteiger partial charge is 0.157 e. The second-order valence-electron chi connectivity index (χ2n) is 6.97. The van der Waals surface area contributed by atoms with Crippen molar-refractivity contribution in [3.8, 4) is 0 Å². The van der Waals surface area contributed by atoms with Gasteiger partial charge in [0.1, 0.15) is 5.82 Å². The lowest BCUT2D eigenvalue weighted by Crippen LogP contribution is -2.29. The number of hydrogen-bond acceptors (Lipinski definition) is 4. The summed E-state index contributed by atoms with van der Waals surface area (Å²) < 4.78 is 4.25. The molecular weight excluding hydrogens is 300 g/mol. The maximum atomic E-state index is 4.60. The summed E-state index contributed by atoms with van der Waals surface area (Å²) in [6.45, 7) is 7.20. The summed E-state index contributed by atoms with van der Waals surface area (Å²) in [6, 6.07) is 2.52. The number of imidazole rings is 1. The number of fused-ring (bicyclic) bond motifs is 2. The Kier molecular flexibility index (Phi) is 4.06. The maximum absolute atomic E-state index is 4.60. The third kappa shape index (κ3) is 2.94. The molecule has 4 rings (SSSR count). The average Bonchev–Trinajstić information content (AvgIpc) is 3.20. The molecule has 0 saturated carbocycles. The van der Waals surface area contributed by atoms with E-state index in [-0.39, 0.29) is 0 Å². The van der Waals surface area contributed by atoms with E-state index in [1.54, 1.807) is 0 Å². The van der Waals surface area contributed by atoms with Crippen LogP contribution in [0.5, 0.6) is 0 Å². The van der Waals surface area contributed by atoms with E-state index in [2.05, 4.69) is 51.1 Å². The van der Waals surface area contributed by atoms with Crippen LogP contribution in [0.25, 0.3) is 11.0 Å². The molecule has 24 heavy (non-hydrogen) atoms. The molecule has 1 aliphatic rings. The maximum Gasteiger partial charge on any atom is 0.157 e. The Morgan fingerprint density at radius 1 is 1.29 bits per heavy atom. The van der Waals surface area contributed by atoms with Gasteiger partial charge in [0.25, 0.3) is 0 Å². The van der Waals surface area contributed by atoms with E-state index in [0.717, 1.165) is 37.1 Å². The number of nitrogens with one attached hydrogen (secondary N) is 1. The van der Waals surface area contributed by atoms with Crippen LogP contribution >= 0.6 is 0 Å². The Balaban J connectivity index is 1.35. The van der Waals surface area contributed by atoms with Gasteiger partial charge in [0, 0.05) is 49.5 Å². The van der Waals surface area contributed by atoms with E-state index in [9.17, 15) is 0 Å². The Labute approximate surface area is 141 Å². The van der Waals surface area contributed by atoms with Gasteiger partial charge in [-0.15, -0.1) is 0 Å². The van der Waals surface area contributed by atoms with Crippen LogP contribution in [0.2, 0.25) is 0 Å². The fourth-order valence-corrected chi connectivity index (χ4v) is 3.48. The summed E-state index contributed by atoms with van der Waals surface area (Å²) in [5.74, 6) is 1.90. The average molecular weight is 324 g/mol. The van der Waals surface area contributed by atoms with Crippen LogP contribution in [-0.2, 0) is 19.5 Å². The Hall–Kier alpha value is -2.21. The van der Waals surface area contributed by atoms with Gasteiger partial charge in [-0.05, 0) is 44.4 Å². The fraction of sp³-hybridized carbons (Fsp3) is 0.500. The lowest BCUT2D eigenvalue weighted by Gasteiger charge is -2.24. The molecular formula is C18H24N6. The van der Waals surface area contributed by atoms with Crippen molar-refractivity contribution in [2.75, 3.05) is 6.54 Å². The number of rotatable bonds is 5. The molecule has 1 atom stereocenters. The second-order valence-corrected chi connectivity index (χ2v) is 6.97. The van der Waals surface area contributed by atoms with Crippen LogP contribution < -0.4 is 5.32 Å². The van der Waals surface area contributed by atoms with Gasteiger partial charge in [-0.1, -0.05) is 0 Å². The zero-order valence-corrected chi connectivity index (χ0v) is 14.3. The first-order valence-corrected chi connectivity index (χ1v) is 8.73. The highest BCUT2D eigenvalue weighted by Crippen LogP contribution is 2.19. The Morgan fingerprint density at radius 2 is 2.21 bits per heavy atom. The summed E-state index contributed by atoms with van der Waals surface area (Å²) in [5.41, 5.74) is 2.18. The second kappa shape index (κ2) is 6.36. The molecule has 0 spiro atoms. The highest BCUT2D eigenvalue weighted by molar-refractivity contribution is 5.75. The monoisotopic (exact) mass is 324 g/mol. The first-order chi connectivity index (χ1) is 11.7. The van der Waals surface area contributed by atoms with Gasteiger partial charge in [-0.25, -0.2) is 14.6 Å². The van der Waals surface area contributed by atoms with Gasteiger partial charge in [0.2, 0.25) is 0 Å². The van der Waals surface area contributed by atoms with Gasteiger partial charge < -0.3 is 9.88 Å². The number of aromatic nitrogens is 5. The molecule has 0 aliphatic carbocycles.